The molecule has 1 aliphatic carbocycles. The normalized spacial score (nSPS) is 14.6. The third kappa shape index (κ3) is 5.10. The minimum Gasteiger partial charge on any atom is -0.480 e. The quantitative estimate of drug-likeness (QED) is 0.761. The molecule has 6 nitrogen and oxygen atoms in total. The van der Waals surface area contributed by atoms with Crippen LogP contribution in [-0.4, -0.2) is 48.6 Å². The molecule has 22 heavy (non-hydrogen) atoms. The van der Waals surface area contributed by atoms with E-state index in [1.165, 1.54) is 0 Å². The summed E-state index contributed by atoms with van der Waals surface area (Å²) in [6.45, 7) is -0.447. The van der Waals surface area contributed by atoms with Gasteiger partial charge in [-0.05, 0) is 30.5 Å². The maximum absolute atomic E-state index is 12.1. The molecule has 1 aromatic rings. The molecule has 1 amide bonds. The van der Waals surface area contributed by atoms with Crippen molar-refractivity contribution >= 4 is 37.6 Å². The summed E-state index contributed by atoms with van der Waals surface area (Å²) in [5.41, 5.74) is 0.590. The van der Waals surface area contributed by atoms with Gasteiger partial charge in [-0.2, -0.15) is 0 Å². The van der Waals surface area contributed by atoms with Crippen molar-refractivity contribution in [2.24, 2.45) is 0 Å². The van der Waals surface area contributed by atoms with Crippen LogP contribution in [0.25, 0.3) is 0 Å². The molecule has 1 saturated carbocycles. The minimum absolute atomic E-state index is 0.133. The topological polar surface area (TPSA) is 91.8 Å². The Morgan fingerprint density at radius 2 is 1.82 bits per heavy atom. The van der Waals surface area contributed by atoms with Crippen LogP contribution >= 0.6 is 15.9 Å². The summed E-state index contributed by atoms with van der Waals surface area (Å²) < 4.78 is 25.1. The second kappa shape index (κ2) is 6.78. The van der Waals surface area contributed by atoms with Crippen molar-refractivity contribution in [2.45, 2.75) is 24.6 Å². The van der Waals surface area contributed by atoms with Crippen molar-refractivity contribution in [1.29, 1.82) is 0 Å². The third-order valence-electron chi connectivity index (χ3n) is 3.26. The Bertz CT molecular complexity index is 667. The van der Waals surface area contributed by atoms with Crippen molar-refractivity contribution in [3.05, 3.63) is 34.3 Å². The number of halogens is 1. The molecule has 1 N–H and O–H groups in total. The summed E-state index contributed by atoms with van der Waals surface area (Å²) >= 11 is 3.26. The standard InChI is InChI=1S/C14H16BrNO5S/c15-11-3-1-10(2-4-11)8-22(20,21)9-13(17)16(7-14(18)19)12-5-6-12/h1-4,12H,5-9H2,(H,18,19). The van der Waals surface area contributed by atoms with Gasteiger partial charge in [-0.15, -0.1) is 0 Å². The van der Waals surface area contributed by atoms with Gasteiger partial charge in [0.1, 0.15) is 12.3 Å². The van der Waals surface area contributed by atoms with Gasteiger partial charge in [-0.25, -0.2) is 8.42 Å². The van der Waals surface area contributed by atoms with Crippen LogP contribution in [0.3, 0.4) is 0 Å². The summed E-state index contributed by atoms with van der Waals surface area (Å²) in [6.07, 6.45) is 1.46. The van der Waals surface area contributed by atoms with E-state index in [0.717, 1.165) is 22.2 Å². The van der Waals surface area contributed by atoms with Crippen LogP contribution < -0.4 is 0 Å². The second-order valence-corrected chi connectivity index (χ2v) is 8.29. The molecular formula is C14H16BrNO5S. The number of nitrogens with zero attached hydrogens (tertiary/aromatic N) is 1. The highest BCUT2D eigenvalue weighted by molar-refractivity contribution is 9.10. The Kier molecular flexibility index (Phi) is 5.23. The number of carboxylic acid groups (broad SMARTS) is 1. The Balaban J connectivity index is 2.01. The van der Waals surface area contributed by atoms with Crippen LogP contribution in [0.15, 0.2) is 28.7 Å². The molecule has 2 rings (SSSR count). The molecule has 0 aliphatic heterocycles. The van der Waals surface area contributed by atoms with Crippen LogP contribution in [0, 0.1) is 0 Å². The molecule has 1 aromatic carbocycles. The molecule has 0 heterocycles. The number of carbonyl (C=O) groups excluding carboxylic acids is 1. The van der Waals surface area contributed by atoms with Crippen LogP contribution in [0.4, 0.5) is 0 Å². The van der Waals surface area contributed by atoms with E-state index in [1.54, 1.807) is 24.3 Å². The number of carboxylic acids is 1. The molecular weight excluding hydrogens is 374 g/mol. The highest BCUT2D eigenvalue weighted by atomic mass is 79.9. The number of benzene rings is 1. The molecule has 1 aliphatic rings. The number of rotatable bonds is 7. The summed E-state index contributed by atoms with van der Waals surface area (Å²) in [4.78, 5) is 24.0. The van der Waals surface area contributed by atoms with Gasteiger partial charge >= 0.3 is 5.97 Å². The van der Waals surface area contributed by atoms with Crippen molar-refractivity contribution < 1.29 is 23.1 Å². The zero-order chi connectivity index (χ0) is 16.3. The largest absolute Gasteiger partial charge is 0.480 e. The summed E-state index contributed by atoms with van der Waals surface area (Å²) in [6, 6.07) is 6.66. The second-order valence-electron chi connectivity index (χ2n) is 5.31. The predicted molar refractivity (Wildman–Crippen MR) is 84.0 cm³/mol. The number of hydrogen-bond donors (Lipinski definition) is 1. The fraction of sp³-hybridized carbons (Fsp3) is 0.429. The molecule has 0 aromatic heterocycles. The number of sulfone groups is 1. The molecule has 1 fully saturated rings. The van der Waals surface area contributed by atoms with Crippen molar-refractivity contribution in [3.63, 3.8) is 0 Å². The van der Waals surface area contributed by atoms with Crippen molar-refractivity contribution in [3.8, 4) is 0 Å². The molecule has 0 saturated heterocycles. The Morgan fingerprint density at radius 1 is 1.23 bits per heavy atom. The lowest BCUT2D eigenvalue weighted by molar-refractivity contribution is -0.143. The van der Waals surface area contributed by atoms with Crippen LogP contribution in [0.1, 0.15) is 18.4 Å². The lowest BCUT2D eigenvalue weighted by atomic mass is 10.2. The van der Waals surface area contributed by atoms with E-state index in [2.05, 4.69) is 15.9 Å². The first kappa shape index (κ1) is 17.0. The maximum atomic E-state index is 12.1. The van der Waals surface area contributed by atoms with Gasteiger partial charge < -0.3 is 10.0 Å². The number of carbonyl (C=O) groups is 2. The molecule has 0 atom stereocenters. The Morgan fingerprint density at radius 3 is 2.32 bits per heavy atom. The maximum Gasteiger partial charge on any atom is 0.323 e. The SMILES string of the molecule is O=C(O)CN(C(=O)CS(=O)(=O)Cc1ccc(Br)cc1)C1CC1. The average molecular weight is 390 g/mol. The summed E-state index contributed by atoms with van der Waals surface area (Å²) in [5.74, 6) is -2.67. The lowest BCUT2D eigenvalue weighted by Gasteiger charge is -2.20. The predicted octanol–water partition coefficient (Wildman–Crippen LogP) is 1.44. The molecule has 8 heteroatoms. The van der Waals surface area contributed by atoms with Gasteiger partial charge in [0, 0.05) is 10.5 Å². The first-order chi connectivity index (χ1) is 10.3. The van der Waals surface area contributed by atoms with E-state index in [4.69, 9.17) is 5.11 Å². The van der Waals surface area contributed by atoms with Crippen molar-refractivity contribution in [2.75, 3.05) is 12.3 Å². The van der Waals surface area contributed by atoms with Gasteiger partial charge in [0.2, 0.25) is 5.91 Å². The minimum atomic E-state index is -3.63. The molecule has 120 valence electrons. The van der Waals surface area contributed by atoms with Gasteiger partial charge in [-0.1, -0.05) is 28.1 Å². The molecule has 0 radical (unpaired) electrons. The summed E-state index contributed by atoms with van der Waals surface area (Å²) in [5, 5.41) is 8.82. The van der Waals surface area contributed by atoms with Crippen LogP contribution in [0.2, 0.25) is 0 Å². The highest BCUT2D eigenvalue weighted by Crippen LogP contribution is 2.27. The van der Waals surface area contributed by atoms with E-state index >= 15 is 0 Å². The fourth-order valence-corrected chi connectivity index (χ4v) is 3.72. The van der Waals surface area contributed by atoms with Gasteiger partial charge in [0.05, 0.1) is 5.75 Å². The number of aliphatic carboxylic acids is 1. The molecule has 0 spiro atoms. The fourth-order valence-electron chi connectivity index (χ4n) is 2.11. The Hall–Kier alpha value is -1.41. The average Bonchev–Trinajstić information content (AvgIpc) is 3.22. The first-order valence-corrected chi connectivity index (χ1v) is 9.34. The lowest BCUT2D eigenvalue weighted by Crippen LogP contribution is -2.41. The Labute approximate surface area is 137 Å². The van der Waals surface area contributed by atoms with Crippen LogP contribution in [0.5, 0.6) is 0 Å². The summed E-state index contributed by atoms with van der Waals surface area (Å²) in [7, 11) is -3.63. The number of hydrogen-bond acceptors (Lipinski definition) is 4. The first-order valence-electron chi connectivity index (χ1n) is 6.73. The smallest absolute Gasteiger partial charge is 0.323 e. The third-order valence-corrected chi connectivity index (χ3v) is 5.25. The van der Waals surface area contributed by atoms with Gasteiger partial charge in [-0.3, -0.25) is 9.59 Å². The van der Waals surface area contributed by atoms with E-state index in [0.29, 0.717) is 5.56 Å². The number of amides is 1. The zero-order valence-corrected chi connectivity index (χ0v) is 14.1. The van der Waals surface area contributed by atoms with E-state index in [1.807, 2.05) is 0 Å². The van der Waals surface area contributed by atoms with E-state index < -0.39 is 34.0 Å². The highest BCUT2D eigenvalue weighted by Gasteiger charge is 2.35. The van der Waals surface area contributed by atoms with Gasteiger partial charge in [0.15, 0.2) is 9.84 Å². The monoisotopic (exact) mass is 389 g/mol. The molecule has 0 unspecified atom stereocenters. The van der Waals surface area contributed by atoms with Crippen molar-refractivity contribution in [1.82, 2.24) is 4.90 Å². The van der Waals surface area contributed by atoms with Crippen LogP contribution in [-0.2, 0) is 25.2 Å². The zero-order valence-electron chi connectivity index (χ0n) is 11.7. The van der Waals surface area contributed by atoms with Gasteiger partial charge in [0.25, 0.3) is 0 Å². The molecule has 0 bridgehead atoms. The van der Waals surface area contributed by atoms with E-state index in [-0.39, 0.29) is 11.8 Å². The van der Waals surface area contributed by atoms with E-state index in [9.17, 15) is 18.0 Å².